The summed E-state index contributed by atoms with van der Waals surface area (Å²) in [6.07, 6.45) is -0.927. The van der Waals surface area contributed by atoms with Crippen molar-refractivity contribution in [3.8, 4) is 0 Å². The van der Waals surface area contributed by atoms with E-state index in [0.29, 0.717) is 11.3 Å². The molecule has 0 aliphatic heterocycles. The number of aliphatic carboxylic acids is 1. The summed E-state index contributed by atoms with van der Waals surface area (Å²) in [5.41, 5.74) is 2.15. The van der Waals surface area contributed by atoms with Crippen LogP contribution in [-0.4, -0.2) is 28.0 Å². The Hall–Kier alpha value is -1.36. The van der Waals surface area contributed by atoms with Crippen LogP contribution >= 0.6 is 0 Å². The molecule has 1 rings (SSSR count). The largest absolute Gasteiger partial charge is 0.479 e. The first-order valence-electron chi connectivity index (χ1n) is 4.24. The second-order valence-electron chi connectivity index (χ2n) is 3.16. The SMILES string of the molecule is COC(C(=O)O)c1c(C)nn(C)c1C. The molecule has 0 aromatic carbocycles. The van der Waals surface area contributed by atoms with Gasteiger partial charge in [-0.3, -0.25) is 4.68 Å². The van der Waals surface area contributed by atoms with Crippen molar-refractivity contribution in [2.24, 2.45) is 7.05 Å². The molecule has 1 heterocycles. The molecule has 0 aliphatic carbocycles. The predicted molar refractivity (Wildman–Crippen MR) is 50.1 cm³/mol. The fourth-order valence-corrected chi connectivity index (χ4v) is 1.51. The van der Waals surface area contributed by atoms with E-state index >= 15 is 0 Å². The second kappa shape index (κ2) is 3.79. The number of rotatable bonds is 3. The van der Waals surface area contributed by atoms with Crippen molar-refractivity contribution in [2.75, 3.05) is 7.11 Å². The van der Waals surface area contributed by atoms with Gasteiger partial charge in [-0.15, -0.1) is 0 Å². The molecule has 0 saturated heterocycles. The molecule has 1 atom stereocenters. The van der Waals surface area contributed by atoms with Crippen LogP contribution in [0.2, 0.25) is 0 Å². The summed E-state index contributed by atoms with van der Waals surface area (Å²) < 4.78 is 6.57. The zero-order valence-corrected chi connectivity index (χ0v) is 8.74. The average Bonchev–Trinajstić information content (AvgIpc) is 2.32. The summed E-state index contributed by atoms with van der Waals surface area (Å²) >= 11 is 0. The van der Waals surface area contributed by atoms with E-state index in [0.717, 1.165) is 5.69 Å². The van der Waals surface area contributed by atoms with Crippen molar-refractivity contribution < 1.29 is 14.6 Å². The van der Waals surface area contributed by atoms with Gasteiger partial charge in [-0.2, -0.15) is 5.10 Å². The van der Waals surface area contributed by atoms with Crippen LogP contribution in [0.25, 0.3) is 0 Å². The number of hydrogen-bond acceptors (Lipinski definition) is 3. The van der Waals surface area contributed by atoms with Gasteiger partial charge in [0.2, 0.25) is 0 Å². The van der Waals surface area contributed by atoms with Crippen LogP contribution in [0.4, 0.5) is 0 Å². The van der Waals surface area contributed by atoms with Gasteiger partial charge < -0.3 is 9.84 Å². The zero-order chi connectivity index (χ0) is 10.9. The van der Waals surface area contributed by atoms with Crippen molar-refractivity contribution in [1.82, 2.24) is 9.78 Å². The highest BCUT2D eigenvalue weighted by atomic mass is 16.5. The van der Waals surface area contributed by atoms with E-state index in [1.807, 2.05) is 6.92 Å². The lowest BCUT2D eigenvalue weighted by molar-refractivity contribution is -0.149. The van der Waals surface area contributed by atoms with E-state index in [4.69, 9.17) is 9.84 Å². The summed E-state index contributed by atoms with van der Waals surface area (Å²) in [5, 5.41) is 13.1. The minimum absolute atomic E-state index is 0.641. The van der Waals surface area contributed by atoms with Crippen molar-refractivity contribution in [3.05, 3.63) is 17.0 Å². The summed E-state index contributed by atoms with van der Waals surface area (Å²) in [5.74, 6) is -0.994. The highest BCUT2D eigenvalue weighted by Gasteiger charge is 2.25. The van der Waals surface area contributed by atoms with E-state index in [1.165, 1.54) is 7.11 Å². The average molecular weight is 198 g/mol. The number of hydrogen-bond donors (Lipinski definition) is 1. The highest BCUT2D eigenvalue weighted by molar-refractivity contribution is 5.75. The summed E-state index contributed by atoms with van der Waals surface area (Å²) in [6.45, 7) is 3.60. The number of nitrogens with zero attached hydrogens (tertiary/aromatic N) is 2. The molecule has 0 radical (unpaired) electrons. The number of carbonyl (C=O) groups is 1. The summed E-state index contributed by atoms with van der Waals surface area (Å²) in [4.78, 5) is 10.9. The van der Waals surface area contributed by atoms with Crippen LogP contribution in [-0.2, 0) is 16.6 Å². The van der Waals surface area contributed by atoms with Gasteiger partial charge in [-0.1, -0.05) is 0 Å². The first kappa shape index (κ1) is 10.7. The van der Waals surface area contributed by atoms with Crippen LogP contribution in [0.15, 0.2) is 0 Å². The zero-order valence-electron chi connectivity index (χ0n) is 8.74. The Labute approximate surface area is 82.3 Å². The Kier molecular flexibility index (Phi) is 2.90. The number of aryl methyl sites for hydroxylation is 2. The maximum Gasteiger partial charge on any atom is 0.337 e. The van der Waals surface area contributed by atoms with Crippen molar-refractivity contribution in [1.29, 1.82) is 0 Å². The standard InChI is InChI=1S/C9H14N2O3/c1-5-7(6(2)11(3)10-5)8(14-4)9(12)13/h8H,1-4H3,(H,12,13). The maximum absolute atomic E-state index is 10.9. The fourth-order valence-electron chi connectivity index (χ4n) is 1.51. The molecule has 5 heteroatoms. The van der Waals surface area contributed by atoms with E-state index in [1.54, 1.807) is 18.7 Å². The maximum atomic E-state index is 10.9. The molecule has 0 saturated carbocycles. The van der Waals surface area contributed by atoms with Gasteiger partial charge in [-0.05, 0) is 13.8 Å². The molecule has 14 heavy (non-hydrogen) atoms. The molecule has 0 fully saturated rings. The topological polar surface area (TPSA) is 64.3 Å². The molecule has 1 unspecified atom stereocenters. The molecule has 0 spiro atoms. The van der Waals surface area contributed by atoms with Gasteiger partial charge >= 0.3 is 5.97 Å². The minimum atomic E-state index is -0.994. The molecule has 5 nitrogen and oxygen atoms in total. The molecule has 0 aliphatic rings. The van der Waals surface area contributed by atoms with Crippen LogP contribution in [0.5, 0.6) is 0 Å². The number of carboxylic acid groups (broad SMARTS) is 1. The second-order valence-corrected chi connectivity index (χ2v) is 3.16. The van der Waals surface area contributed by atoms with Crippen LogP contribution < -0.4 is 0 Å². The van der Waals surface area contributed by atoms with E-state index in [-0.39, 0.29) is 0 Å². The van der Waals surface area contributed by atoms with Crippen LogP contribution in [0.1, 0.15) is 23.1 Å². The third-order valence-corrected chi connectivity index (χ3v) is 2.29. The quantitative estimate of drug-likeness (QED) is 0.780. The smallest absolute Gasteiger partial charge is 0.337 e. The molecule has 1 aromatic heterocycles. The molecular weight excluding hydrogens is 184 g/mol. The lowest BCUT2D eigenvalue weighted by atomic mass is 10.1. The van der Waals surface area contributed by atoms with Gasteiger partial charge in [0, 0.05) is 25.4 Å². The first-order chi connectivity index (χ1) is 6.49. The van der Waals surface area contributed by atoms with Gasteiger partial charge in [0.1, 0.15) is 0 Å². The Bertz CT molecular complexity index is 357. The molecule has 1 aromatic rings. The van der Waals surface area contributed by atoms with Gasteiger partial charge in [0.25, 0.3) is 0 Å². The number of aromatic nitrogens is 2. The molecule has 1 N–H and O–H groups in total. The normalized spacial score (nSPS) is 12.9. The third-order valence-electron chi connectivity index (χ3n) is 2.29. The van der Waals surface area contributed by atoms with Crippen molar-refractivity contribution >= 4 is 5.97 Å². The number of ether oxygens (including phenoxy) is 1. The van der Waals surface area contributed by atoms with Gasteiger partial charge in [0.05, 0.1) is 5.69 Å². The van der Waals surface area contributed by atoms with Gasteiger partial charge in [0.15, 0.2) is 6.10 Å². The first-order valence-corrected chi connectivity index (χ1v) is 4.24. The highest BCUT2D eigenvalue weighted by Crippen LogP contribution is 2.23. The van der Waals surface area contributed by atoms with Crippen molar-refractivity contribution in [3.63, 3.8) is 0 Å². The Morgan fingerprint density at radius 2 is 2.14 bits per heavy atom. The van der Waals surface area contributed by atoms with E-state index < -0.39 is 12.1 Å². The van der Waals surface area contributed by atoms with E-state index in [9.17, 15) is 4.79 Å². The van der Waals surface area contributed by atoms with E-state index in [2.05, 4.69) is 5.10 Å². The Morgan fingerprint density at radius 1 is 1.57 bits per heavy atom. The van der Waals surface area contributed by atoms with Crippen LogP contribution in [0, 0.1) is 13.8 Å². The monoisotopic (exact) mass is 198 g/mol. The molecule has 78 valence electrons. The summed E-state index contributed by atoms with van der Waals surface area (Å²) in [6, 6.07) is 0. The Balaban J connectivity index is 3.22. The molecule has 0 bridgehead atoms. The lowest BCUT2D eigenvalue weighted by Crippen LogP contribution is -2.15. The number of carboxylic acids is 1. The molecular formula is C9H14N2O3. The molecule has 0 amide bonds. The Morgan fingerprint density at radius 3 is 2.43 bits per heavy atom. The number of methoxy groups -OCH3 is 1. The third kappa shape index (κ3) is 1.63. The fraction of sp³-hybridized carbons (Fsp3) is 0.556. The van der Waals surface area contributed by atoms with Gasteiger partial charge in [-0.25, -0.2) is 4.79 Å². The minimum Gasteiger partial charge on any atom is -0.479 e. The predicted octanol–water partition coefficient (Wildman–Crippen LogP) is 0.809. The van der Waals surface area contributed by atoms with Crippen LogP contribution in [0.3, 0.4) is 0 Å². The van der Waals surface area contributed by atoms with Crippen molar-refractivity contribution in [2.45, 2.75) is 20.0 Å². The summed E-state index contributed by atoms with van der Waals surface area (Å²) in [7, 11) is 3.16. The lowest BCUT2D eigenvalue weighted by Gasteiger charge is -2.10.